The lowest BCUT2D eigenvalue weighted by atomic mass is 10.5. The van der Waals surface area contributed by atoms with Gasteiger partial charge in [0.05, 0.1) is 0 Å². The fourth-order valence-electron chi connectivity index (χ4n) is 0.942. The molecule has 1 aromatic heterocycles. The van der Waals surface area contributed by atoms with Gasteiger partial charge in [-0.15, -0.1) is 0 Å². The molecule has 0 aliphatic rings. The van der Waals surface area contributed by atoms with Crippen molar-refractivity contribution in [1.29, 1.82) is 0 Å². The summed E-state index contributed by atoms with van der Waals surface area (Å²) in [6.07, 6.45) is 4.28. The standard InChI is InChI=1S/C8H11BrN2O3S2/c1-15(12)3-2-11-16(13,14)8-4-7(9)5-10-6-8/h4-6,11H,2-3H2,1H3/t15-/m1/s1. The van der Waals surface area contributed by atoms with E-state index < -0.39 is 20.8 Å². The Kier molecular flexibility index (Phi) is 5.03. The Morgan fingerprint density at radius 2 is 2.19 bits per heavy atom. The van der Waals surface area contributed by atoms with E-state index in [1.807, 2.05) is 0 Å². The van der Waals surface area contributed by atoms with Gasteiger partial charge in [-0.2, -0.15) is 0 Å². The first kappa shape index (κ1) is 13.8. The average molecular weight is 327 g/mol. The summed E-state index contributed by atoms with van der Waals surface area (Å²) in [5.74, 6) is 0.292. The number of aromatic nitrogens is 1. The molecule has 0 aliphatic carbocycles. The number of nitrogens with one attached hydrogen (secondary N) is 1. The predicted octanol–water partition coefficient (Wildman–Crippen LogP) is 0.501. The number of sulfonamides is 1. The molecule has 0 spiro atoms. The Labute approximate surface area is 105 Å². The van der Waals surface area contributed by atoms with E-state index in [4.69, 9.17) is 0 Å². The number of nitrogens with zero attached hydrogens (tertiary/aromatic N) is 1. The van der Waals surface area contributed by atoms with E-state index in [1.54, 1.807) is 0 Å². The zero-order chi connectivity index (χ0) is 12.2. The maximum absolute atomic E-state index is 11.7. The van der Waals surface area contributed by atoms with Gasteiger partial charge in [0, 0.05) is 46.2 Å². The predicted molar refractivity (Wildman–Crippen MR) is 66.1 cm³/mol. The Morgan fingerprint density at radius 1 is 1.50 bits per heavy atom. The van der Waals surface area contributed by atoms with Crippen LogP contribution in [-0.4, -0.2) is 36.2 Å². The number of halogens is 1. The van der Waals surface area contributed by atoms with Crippen molar-refractivity contribution in [2.45, 2.75) is 4.90 Å². The average Bonchev–Trinajstić information content (AvgIpc) is 2.16. The first-order chi connectivity index (χ1) is 7.42. The van der Waals surface area contributed by atoms with Crippen LogP contribution in [0.3, 0.4) is 0 Å². The zero-order valence-corrected chi connectivity index (χ0v) is 11.7. The highest BCUT2D eigenvalue weighted by Crippen LogP contribution is 2.13. The van der Waals surface area contributed by atoms with Crippen molar-refractivity contribution in [2.75, 3.05) is 18.6 Å². The Balaban J connectivity index is 2.74. The lowest BCUT2D eigenvalue weighted by Gasteiger charge is -2.05. The van der Waals surface area contributed by atoms with Crippen LogP contribution in [0.2, 0.25) is 0 Å². The third kappa shape index (κ3) is 4.28. The fourth-order valence-corrected chi connectivity index (χ4v) is 3.00. The van der Waals surface area contributed by atoms with E-state index in [9.17, 15) is 12.6 Å². The first-order valence-corrected chi connectivity index (χ1v) is 8.32. The molecule has 1 N–H and O–H groups in total. The third-order valence-corrected chi connectivity index (χ3v) is 4.31. The van der Waals surface area contributed by atoms with Crippen LogP contribution in [-0.2, 0) is 20.8 Å². The van der Waals surface area contributed by atoms with Gasteiger partial charge in [-0.3, -0.25) is 9.19 Å². The topological polar surface area (TPSA) is 76.1 Å². The number of hydrogen-bond acceptors (Lipinski definition) is 4. The molecule has 1 aromatic rings. The SMILES string of the molecule is C[S@@](=O)CCNS(=O)(=O)c1cncc(Br)c1. The molecule has 0 saturated heterocycles. The van der Waals surface area contributed by atoms with E-state index in [-0.39, 0.29) is 11.4 Å². The van der Waals surface area contributed by atoms with E-state index in [2.05, 4.69) is 25.6 Å². The van der Waals surface area contributed by atoms with E-state index in [0.717, 1.165) is 0 Å². The Hall–Kier alpha value is -0.310. The summed E-state index contributed by atoms with van der Waals surface area (Å²) in [5, 5.41) is 0. The highest BCUT2D eigenvalue weighted by Gasteiger charge is 2.14. The Bertz CT molecular complexity index is 490. The summed E-state index contributed by atoms with van der Waals surface area (Å²) in [5.41, 5.74) is 0. The minimum Gasteiger partial charge on any atom is -0.262 e. The molecule has 0 aliphatic heterocycles. The van der Waals surface area contributed by atoms with Crippen molar-refractivity contribution in [3.8, 4) is 0 Å². The quantitative estimate of drug-likeness (QED) is 0.854. The summed E-state index contributed by atoms with van der Waals surface area (Å²) in [4.78, 5) is 3.85. The van der Waals surface area contributed by atoms with Gasteiger partial charge < -0.3 is 0 Å². The van der Waals surface area contributed by atoms with Gasteiger partial charge >= 0.3 is 0 Å². The normalized spacial score (nSPS) is 13.6. The molecule has 1 heterocycles. The van der Waals surface area contributed by atoms with Crippen LogP contribution in [0.4, 0.5) is 0 Å². The molecule has 0 saturated carbocycles. The van der Waals surface area contributed by atoms with Crippen molar-refractivity contribution in [2.24, 2.45) is 0 Å². The van der Waals surface area contributed by atoms with Crippen molar-refractivity contribution >= 4 is 36.8 Å². The molecular formula is C8H11BrN2O3S2. The van der Waals surface area contributed by atoms with Gasteiger partial charge in [-0.05, 0) is 22.0 Å². The molecule has 16 heavy (non-hydrogen) atoms. The maximum atomic E-state index is 11.7. The zero-order valence-electron chi connectivity index (χ0n) is 8.51. The Morgan fingerprint density at radius 3 is 2.75 bits per heavy atom. The van der Waals surface area contributed by atoms with Crippen LogP contribution in [0.1, 0.15) is 0 Å². The summed E-state index contributed by atoms with van der Waals surface area (Å²) in [6, 6.07) is 1.46. The molecule has 1 atom stereocenters. The van der Waals surface area contributed by atoms with Crippen LogP contribution < -0.4 is 4.72 Å². The molecule has 0 bridgehead atoms. The van der Waals surface area contributed by atoms with Crippen molar-refractivity contribution in [1.82, 2.24) is 9.71 Å². The van der Waals surface area contributed by atoms with Crippen LogP contribution >= 0.6 is 15.9 Å². The number of pyridine rings is 1. The molecular weight excluding hydrogens is 316 g/mol. The van der Waals surface area contributed by atoms with Gasteiger partial charge in [0.25, 0.3) is 0 Å². The molecule has 5 nitrogen and oxygen atoms in total. The van der Waals surface area contributed by atoms with E-state index in [0.29, 0.717) is 10.2 Å². The summed E-state index contributed by atoms with van der Waals surface area (Å²) in [7, 11) is -4.57. The van der Waals surface area contributed by atoms with Gasteiger partial charge in [0.1, 0.15) is 4.90 Å². The van der Waals surface area contributed by atoms with Crippen molar-refractivity contribution in [3.05, 3.63) is 22.9 Å². The second kappa shape index (κ2) is 5.85. The second-order valence-electron chi connectivity index (χ2n) is 3.01. The monoisotopic (exact) mass is 326 g/mol. The molecule has 90 valence electrons. The second-order valence-corrected chi connectivity index (χ2v) is 7.25. The molecule has 0 fully saturated rings. The molecule has 0 unspecified atom stereocenters. The van der Waals surface area contributed by atoms with Gasteiger partial charge in [0.15, 0.2) is 0 Å². The minimum atomic E-state index is -3.56. The smallest absolute Gasteiger partial charge is 0.242 e. The molecule has 8 heteroatoms. The van der Waals surface area contributed by atoms with E-state index in [1.165, 1.54) is 24.7 Å². The molecule has 0 aromatic carbocycles. The lowest BCUT2D eigenvalue weighted by molar-refractivity contribution is 0.583. The summed E-state index contributed by atoms with van der Waals surface area (Å²) in [6.45, 7) is 0.151. The van der Waals surface area contributed by atoms with Gasteiger partial charge in [-0.1, -0.05) is 0 Å². The largest absolute Gasteiger partial charge is 0.262 e. The molecule has 0 radical (unpaired) electrons. The summed E-state index contributed by atoms with van der Waals surface area (Å²) < 4.78 is 37.1. The fraction of sp³-hybridized carbons (Fsp3) is 0.375. The third-order valence-electron chi connectivity index (χ3n) is 1.67. The molecule has 0 amide bonds. The maximum Gasteiger partial charge on any atom is 0.242 e. The lowest BCUT2D eigenvalue weighted by Crippen LogP contribution is -2.27. The molecule has 1 rings (SSSR count). The van der Waals surface area contributed by atoms with Crippen LogP contribution in [0.15, 0.2) is 27.8 Å². The van der Waals surface area contributed by atoms with Gasteiger partial charge in [0.2, 0.25) is 10.0 Å². The number of hydrogen-bond donors (Lipinski definition) is 1. The van der Waals surface area contributed by atoms with E-state index >= 15 is 0 Å². The van der Waals surface area contributed by atoms with Crippen LogP contribution in [0.5, 0.6) is 0 Å². The van der Waals surface area contributed by atoms with Crippen LogP contribution in [0, 0.1) is 0 Å². The van der Waals surface area contributed by atoms with Crippen molar-refractivity contribution < 1.29 is 12.6 Å². The first-order valence-electron chi connectivity index (χ1n) is 4.32. The minimum absolute atomic E-state index is 0.0868. The van der Waals surface area contributed by atoms with Gasteiger partial charge in [-0.25, -0.2) is 13.1 Å². The number of rotatable bonds is 5. The van der Waals surface area contributed by atoms with Crippen LogP contribution in [0.25, 0.3) is 0 Å². The highest BCUT2D eigenvalue weighted by atomic mass is 79.9. The van der Waals surface area contributed by atoms with Crippen molar-refractivity contribution in [3.63, 3.8) is 0 Å². The summed E-state index contributed by atoms with van der Waals surface area (Å²) >= 11 is 3.14. The highest BCUT2D eigenvalue weighted by molar-refractivity contribution is 9.10.